The lowest BCUT2D eigenvalue weighted by atomic mass is 10.2. The number of nitrogens with one attached hydrogen (secondary N) is 1. The topological polar surface area (TPSA) is 50.7 Å². The highest BCUT2D eigenvalue weighted by molar-refractivity contribution is 7.16. The first-order valence-electron chi connectivity index (χ1n) is 7.21. The van der Waals surface area contributed by atoms with E-state index in [1.165, 1.54) is 23.7 Å². The van der Waals surface area contributed by atoms with Crippen molar-refractivity contribution in [3.8, 4) is 11.4 Å². The second-order valence-electron chi connectivity index (χ2n) is 5.20. The van der Waals surface area contributed by atoms with Gasteiger partial charge in [-0.1, -0.05) is 11.6 Å². The van der Waals surface area contributed by atoms with E-state index in [2.05, 4.69) is 20.3 Å². The maximum absolute atomic E-state index is 13.2. The van der Waals surface area contributed by atoms with Crippen LogP contribution in [-0.2, 0) is 6.18 Å². The van der Waals surface area contributed by atoms with Gasteiger partial charge < -0.3 is 5.32 Å². The van der Waals surface area contributed by atoms with Crippen molar-refractivity contribution in [2.75, 3.05) is 5.32 Å². The Hall–Kier alpha value is -2.19. The summed E-state index contributed by atoms with van der Waals surface area (Å²) in [6.45, 7) is 1.82. The van der Waals surface area contributed by atoms with E-state index in [0.717, 1.165) is 10.9 Å². The van der Waals surface area contributed by atoms with Crippen LogP contribution in [0.1, 0.15) is 23.5 Å². The normalized spacial score (nSPS) is 12.8. The van der Waals surface area contributed by atoms with Crippen molar-refractivity contribution in [1.29, 1.82) is 0 Å². The van der Waals surface area contributed by atoms with Crippen molar-refractivity contribution in [2.45, 2.75) is 19.1 Å². The molecule has 130 valence electrons. The van der Waals surface area contributed by atoms with Gasteiger partial charge in [0, 0.05) is 28.9 Å². The lowest BCUT2D eigenvalue weighted by Gasteiger charge is -2.15. The van der Waals surface area contributed by atoms with Gasteiger partial charge >= 0.3 is 6.18 Å². The predicted octanol–water partition coefficient (Wildman–Crippen LogP) is 5.45. The third-order valence-electron chi connectivity index (χ3n) is 3.34. The number of aromatic nitrogens is 3. The molecule has 0 bridgehead atoms. The third kappa shape index (κ3) is 4.26. The molecule has 0 saturated carbocycles. The molecule has 0 amide bonds. The summed E-state index contributed by atoms with van der Waals surface area (Å²) in [6, 6.07) is 7.32. The van der Waals surface area contributed by atoms with E-state index in [1.54, 1.807) is 18.2 Å². The molecule has 0 aliphatic heterocycles. The summed E-state index contributed by atoms with van der Waals surface area (Å²) in [5, 5.41) is 2.98. The standard InChI is InChI=1S/C16H12ClF3N4S/c1-9(11-2-3-13(17)25-11)22-14-8-12(16(18,19)20)23-15(24-14)10-4-6-21-7-5-10/h2-9H,1H3,(H,22,23,24). The number of hydrogen-bond donors (Lipinski definition) is 1. The van der Waals surface area contributed by atoms with Gasteiger partial charge in [-0.2, -0.15) is 13.2 Å². The molecule has 0 fully saturated rings. The number of anilines is 1. The fourth-order valence-corrected chi connectivity index (χ4v) is 3.21. The molecule has 4 nitrogen and oxygen atoms in total. The monoisotopic (exact) mass is 384 g/mol. The van der Waals surface area contributed by atoms with E-state index in [0.29, 0.717) is 9.90 Å². The Labute approximate surface area is 150 Å². The molecular formula is C16H12ClF3N4S. The number of nitrogens with zero attached hydrogens (tertiary/aromatic N) is 3. The molecule has 0 saturated heterocycles. The molecule has 3 aromatic heterocycles. The van der Waals surface area contributed by atoms with Crippen molar-refractivity contribution in [3.63, 3.8) is 0 Å². The Balaban J connectivity index is 1.98. The van der Waals surface area contributed by atoms with Crippen LogP contribution < -0.4 is 5.32 Å². The molecule has 0 aliphatic rings. The summed E-state index contributed by atoms with van der Waals surface area (Å²) in [5.74, 6) is 0.0716. The molecule has 0 radical (unpaired) electrons. The average molecular weight is 385 g/mol. The molecule has 1 N–H and O–H groups in total. The van der Waals surface area contributed by atoms with Crippen LogP contribution >= 0.6 is 22.9 Å². The fourth-order valence-electron chi connectivity index (χ4n) is 2.15. The summed E-state index contributed by atoms with van der Waals surface area (Å²) >= 11 is 7.26. The molecule has 25 heavy (non-hydrogen) atoms. The van der Waals surface area contributed by atoms with Gasteiger partial charge in [0.2, 0.25) is 0 Å². The van der Waals surface area contributed by atoms with Crippen LogP contribution in [0.2, 0.25) is 4.34 Å². The molecule has 0 aliphatic carbocycles. The smallest absolute Gasteiger partial charge is 0.363 e. The van der Waals surface area contributed by atoms with Crippen molar-refractivity contribution in [2.24, 2.45) is 0 Å². The van der Waals surface area contributed by atoms with E-state index < -0.39 is 11.9 Å². The lowest BCUT2D eigenvalue weighted by molar-refractivity contribution is -0.141. The van der Waals surface area contributed by atoms with E-state index in [-0.39, 0.29) is 17.7 Å². The third-order valence-corrected chi connectivity index (χ3v) is 4.75. The van der Waals surface area contributed by atoms with Crippen molar-refractivity contribution < 1.29 is 13.2 Å². The van der Waals surface area contributed by atoms with Crippen molar-refractivity contribution >= 4 is 28.8 Å². The Morgan fingerprint density at radius 2 is 1.84 bits per heavy atom. The molecule has 0 aromatic carbocycles. The largest absolute Gasteiger partial charge is 0.433 e. The van der Waals surface area contributed by atoms with Gasteiger partial charge in [0.15, 0.2) is 11.5 Å². The number of thiophene rings is 1. The van der Waals surface area contributed by atoms with Gasteiger partial charge in [0.25, 0.3) is 0 Å². The van der Waals surface area contributed by atoms with Crippen molar-refractivity contribution in [3.05, 3.63) is 57.6 Å². The van der Waals surface area contributed by atoms with Gasteiger partial charge in [0.05, 0.1) is 10.4 Å². The first-order chi connectivity index (χ1) is 11.8. The van der Waals surface area contributed by atoms with Crippen LogP contribution in [0.25, 0.3) is 11.4 Å². The van der Waals surface area contributed by atoms with E-state index in [4.69, 9.17) is 11.6 Å². The highest BCUT2D eigenvalue weighted by atomic mass is 35.5. The summed E-state index contributed by atoms with van der Waals surface area (Å²) < 4.78 is 40.2. The number of hydrogen-bond acceptors (Lipinski definition) is 5. The van der Waals surface area contributed by atoms with Crippen LogP contribution in [0, 0.1) is 0 Å². The number of halogens is 4. The SMILES string of the molecule is CC(Nc1cc(C(F)(F)F)nc(-c2ccncc2)n1)c1ccc(Cl)s1. The minimum absolute atomic E-state index is 0.0175. The second-order valence-corrected chi connectivity index (χ2v) is 6.95. The average Bonchev–Trinajstić information content (AvgIpc) is 3.01. The zero-order chi connectivity index (χ0) is 18.0. The van der Waals surface area contributed by atoms with E-state index in [9.17, 15) is 13.2 Å². The van der Waals surface area contributed by atoms with E-state index >= 15 is 0 Å². The highest BCUT2D eigenvalue weighted by Crippen LogP contribution is 2.33. The van der Waals surface area contributed by atoms with Gasteiger partial charge in [-0.25, -0.2) is 9.97 Å². The summed E-state index contributed by atoms with van der Waals surface area (Å²) in [6.07, 6.45) is -1.62. The Morgan fingerprint density at radius 3 is 2.44 bits per heavy atom. The zero-order valence-corrected chi connectivity index (χ0v) is 14.5. The minimum Gasteiger partial charge on any atom is -0.363 e. The van der Waals surface area contributed by atoms with Crippen LogP contribution in [0.15, 0.2) is 42.7 Å². The molecule has 3 heterocycles. The molecule has 1 atom stereocenters. The first kappa shape index (κ1) is 17.6. The quantitative estimate of drug-likeness (QED) is 0.650. The highest BCUT2D eigenvalue weighted by Gasteiger charge is 2.34. The molecule has 0 spiro atoms. The Bertz CT molecular complexity index is 867. The van der Waals surface area contributed by atoms with Crippen LogP contribution in [-0.4, -0.2) is 15.0 Å². The maximum atomic E-state index is 13.2. The molecule has 3 rings (SSSR count). The van der Waals surface area contributed by atoms with Gasteiger partial charge in [-0.3, -0.25) is 4.98 Å². The minimum atomic E-state index is -4.57. The summed E-state index contributed by atoms with van der Waals surface area (Å²) in [5.41, 5.74) is -0.552. The molecule has 1 unspecified atom stereocenters. The summed E-state index contributed by atoms with van der Waals surface area (Å²) in [4.78, 5) is 12.6. The predicted molar refractivity (Wildman–Crippen MR) is 91.6 cm³/mol. The van der Waals surface area contributed by atoms with Gasteiger partial charge in [0.1, 0.15) is 5.82 Å². The van der Waals surface area contributed by atoms with Crippen LogP contribution in [0.5, 0.6) is 0 Å². The summed E-state index contributed by atoms with van der Waals surface area (Å²) in [7, 11) is 0. The lowest BCUT2D eigenvalue weighted by Crippen LogP contribution is -2.13. The number of alkyl halides is 3. The maximum Gasteiger partial charge on any atom is 0.433 e. The zero-order valence-electron chi connectivity index (χ0n) is 12.9. The van der Waals surface area contributed by atoms with Gasteiger partial charge in [-0.15, -0.1) is 11.3 Å². The Kier molecular flexibility index (Phi) is 4.91. The number of rotatable bonds is 4. The Morgan fingerprint density at radius 1 is 1.12 bits per heavy atom. The molecule has 3 aromatic rings. The second kappa shape index (κ2) is 6.97. The number of pyridine rings is 1. The van der Waals surface area contributed by atoms with Gasteiger partial charge in [-0.05, 0) is 31.2 Å². The fraction of sp³-hybridized carbons (Fsp3) is 0.188. The molecular weight excluding hydrogens is 373 g/mol. The molecule has 9 heteroatoms. The van der Waals surface area contributed by atoms with Crippen molar-refractivity contribution in [1.82, 2.24) is 15.0 Å². The van der Waals surface area contributed by atoms with Crippen LogP contribution in [0.3, 0.4) is 0 Å². The van der Waals surface area contributed by atoms with E-state index in [1.807, 2.05) is 13.0 Å². The van der Waals surface area contributed by atoms with Crippen LogP contribution in [0.4, 0.5) is 19.0 Å². The first-order valence-corrected chi connectivity index (χ1v) is 8.41.